The highest BCUT2D eigenvalue weighted by Gasteiger charge is 2.09. The minimum absolute atomic E-state index is 0.265. The number of anilines is 1. The largest absolute Gasteiger partial charge is 0.353 e. The summed E-state index contributed by atoms with van der Waals surface area (Å²) in [6, 6.07) is 9.90. The molecule has 0 fully saturated rings. The Morgan fingerprint density at radius 3 is 2.67 bits per heavy atom. The Balaban J connectivity index is 2.19. The molecule has 4 nitrogen and oxygen atoms in total. The van der Waals surface area contributed by atoms with E-state index in [0.29, 0.717) is 17.9 Å². The molecule has 2 rings (SSSR count). The maximum atomic E-state index is 12.8. The van der Waals surface area contributed by atoms with Crippen LogP contribution in [0.4, 0.5) is 10.2 Å². The normalized spacial score (nSPS) is 9.83. The van der Waals surface area contributed by atoms with Gasteiger partial charge in [0.2, 0.25) is 0 Å². The molecule has 0 atom stereocenters. The zero-order valence-corrected chi connectivity index (χ0v) is 9.84. The lowest BCUT2D eigenvalue weighted by Gasteiger charge is -2.18. The fraction of sp³-hybridized carbons (Fsp3) is 0.154. The predicted molar refractivity (Wildman–Crippen MR) is 65.3 cm³/mol. The Morgan fingerprint density at radius 2 is 2.00 bits per heavy atom. The number of hydrogen-bond acceptors (Lipinski definition) is 4. The van der Waals surface area contributed by atoms with Gasteiger partial charge in [-0.2, -0.15) is 10.4 Å². The number of nitrogens with zero attached hydrogens (tertiary/aromatic N) is 4. The van der Waals surface area contributed by atoms with Crippen LogP contribution in [0.5, 0.6) is 0 Å². The molecular formula is C13H11FN4. The van der Waals surface area contributed by atoms with E-state index in [1.54, 1.807) is 23.1 Å². The third-order valence-electron chi connectivity index (χ3n) is 2.52. The molecule has 0 amide bonds. The van der Waals surface area contributed by atoms with Crippen molar-refractivity contribution >= 4 is 5.82 Å². The zero-order valence-electron chi connectivity index (χ0n) is 9.84. The van der Waals surface area contributed by atoms with Crippen molar-refractivity contribution < 1.29 is 4.39 Å². The van der Waals surface area contributed by atoms with Crippen LogP contribution in [-0.2, 0) is 6.54 Å². The molecule has 0 unspecified atom stereocenters. The molecule has 0 bridgehead atoms. The summed E-state index contributed by atoms with van der Waals surface area (Å²) in [5, 5.41) is 16.7. The van der Waals surface area contributed by atoms with E-state index in [1.807, 2.05) is 7.05 Å². The van der Waals surface area contributed by atoms with Gasteiger partial charge >= 0.3 is 0 Å². The van der Waals surface area contributed by atoms with Gasteiger partial charge in [-0.1, -0.05) is 12.1 Å². The minimum atomic E-state index is -0.265. The summed E-state index contributed by atoms with van der Waals surface area (Å²) >= 11 is 0. The lowest BCUT2D eigenvalue weighted by molar-refractivity contribution is 0.627. The van der Waals surface area contributed by atoms with Gasteiger partial charge in [0.15, 0.2) is 5.82 Å². The van der Waals surface area contributed by atoms with E-state index in [-0.39, 0.29) is 5.82 Å². The van der Waals surface area contributed by atoms with Crippen molar-refractivity contribution in [1.82, 2.24) is 10.2 Å². The Labute approximate surface area is 104 Å². The van der Waals surface area contributed by atoms with Gasteiger partial charge in [0, 0.05) is 13.6 Å². The average molecular weight is 242 g/mol. The van der Waals surface area contributed by atoms with Crippen molar-refractivity contribution in [3.8, 4) is 6.07 Å². The van der Waals surface area contributed by atoms with Gasteiger partial charge in [-0.05, 0) is 23.8 Å². The van der Waals surface area contributed by atoms with Crippen molar-refractivity contribution in [3.05, 3.63) is 53.5 Å². The molecular weight excluding hydrogens is 231 g/mol. The third-order valence-corrected chi connectivity index (χ3v) is 2.52. The molecule has 0 aliphatic rings. The summed E-state index contributed by atoms with van der Waals surface area (Å²) in [5.74, 6) is 0.253. The van der Waals surface area contributed by atoms with Crippen LogP contribution in [0.1, 0.15) is 11.1 Å². The molecule has 5 heteroatoms. The molecule has 18 heavy (non-hydrogen) atoms. The first-order chi connectivity index (χ1) is 8.70. The first-order valence-electron chi connectivity index (χ1n) is 5.38. The molecule has 0 aliphatic carbocycles. The molecule has 90 valence electrons. The fourth-order valence-electron chi connectivity index (χ4n) is 1.63. The summed E-state index contributed by atoms with van der Waals surface area (Å²) < 4.78 is 12.8. The summed E-state index contributed by atoms with van der Waals surface area (Å²) in [7, 11) is 1.81. The summed E-state index contributed by atoms with van der Waals surface area (Å²) in [6.07, 6.45) is 1.48. The van der Waals surface area contributed by atoms with E-state index in [4.69, 9.17) is 5.26 Å². The highest BCUT2D eigenvalue weighted by molar-refractivity contribution is 5.52. The third kappa shape index (κ3) is 2.61. The SMILES string of the molecule is CN(Cc1ccc(F)cc1)c1nnccc1C#N. The fourth-order valence-corrected chi connectivity index (χ4v) is 1.63. The highest BCUT2D eigenvalue weighted by atomic mass is 19.1. The van der Waals surface area contributed by atoms with Crippen molar-refractivity contribution in [2.75, 3.05) is 11.9 Å². The number of hydrogen-bond donors (Lipinski definition) is 0. The molecule has 0 saturated heterocycles. The topological polar surface area (TPSA) is 52.8 Å². The molecule has 0 N–H and O–H groups in total. The zero-order chi connectivity index (χ0) is 13.0. The molecule has 0 aliphatic heterocycles. The first kappa shape index (κ1) is 12.0. The van der Waals surface area contributed by atoms with Gasteiger partial charge in [0.05, 0.1) is 11.8 Å². The van der Waals surface area contributed by atoms with Crippen molar-refractivity contribution in [2.45, 2.75) is 6.54 Å². The van der Waals surface area contributed by atoms with Crippen LogP contribution in [0.3, 0.4) is 0 Å². The maximum absolute atomic E-state index is 12.8. The number of aromatic nitrogens is 2. The van der Waals surface area contributed by atoms with E-state index < -0.39 is 0 Å². The Morgan fingerprint density at radius 1 is 1.28 bits per heavy atom. The number of rotatable bonds is 3. The standard InChI is InChI=1S/C13H11FN4/c1-18(9-10-2-4-12(14)5-3-10)13-11(8-15)6-7-16-17-13/h2-7H,9H2,1H3. The average Bonchev–Trinajstić information content (AvgIpc) is 2.41. The smallest absolute Gasteiger partial charge is 0.169 e. The van der Waals surface area contributed by atoms with Crippen LogP contribution >= 0.6 is 0 Å². The van der Waals surface area contributed by atoms with Crippen LogP contribution < -0.4 is 4.90 Å². The second kappa shape index (κ2) is 5.23. The van der Waals surface area contributed by atoms with Gasteiger partial charge in [-0.3, -0.25) is 0 Å². The van der Waals surface area contributed by atoms with Gasteiger partial charge < -0.3 is 4.90 Å². The maximum Gasteiger partial charge on any atom is 0.169 e. The number of halogens is 1. The van der Waals surface area contributed by atoms with Gasteiger partial charge in [0.1, 0.15) is 11.9 Å². The molecule has 0 radical (unpaired) electrons. The van der Waals surface area contributed by atoms with Gasteiger partial charge in [-0.15, -0.1) is 5.10 Å². The molecule has 1 heterocycles. The quantitative estimate of drug-likeness (QED) is 0.827. The Kier molecular flexibility index (Phi) is 3.49. The molecule has 2 aromatic rings. The predicted octanol–water partition coefficient (Wildman–Crippen LogP) is 2.12. The van der Waals surface area contributed by atoms with Gasteiger partial charge in [-0.25, -0.2) is 4.39 Å². The number of nitriles is 1. The Bertz CT molecular complexity index is 574. The van der Waals surface area contributed by atoms with E-state index in [2.05, 4.69) is 16.3 Å². The van der Waals surface area contributed by atoms with E-state index in [9.17, 15) is 4.39 Å². The first-order valence-corrected chi connectivity index (χ1v) is 5.38. The van der Waals surface area contributed by atoms with E-state index >= 15 is 0 Å². The summed E-state index contributed by atoms with van der Waals surface area (Å²) in [5.41, 5.74) is 1.41. The molecule has 1 aromatic heterocycles. The van der Waals surface area contributed by atoms with Crippen molar-refractivity contribution in [2.24, 2.45) is 0 Å². The second-order valence-electron chi connectivity index (χ2n) is 3.86. The summed E-state index contributed by atoms with van der Waals surface area (Å²) in [6.45, 7) is 0.535. The Hall–Kier alpha value is -2.48. The van der Waals surface area contributed by atoms with Crippen LogP contribution in [-0.4, -0.2) is 17.2 Å². The van der Waals surface area contributed by atoms with Crippen LogP contribution in [0.2, 0.25) is 0 Å². The van der Waals surface area contributed by atoms with Crippen molar-refractivity contribution in [1.29, 1.82) is 5.26 Å². The lowest BCUT2D eigenvalue weighted by atomic mass is 10.2. The lowest BCUT2D eigenvalue weighted by Crippen LogP contribution is -2.19. The molecule has 1 aromatic carbocycles. The van der Waals surface area contributed by atoms with Gasteiger partial charge in [0.25, 0.3) is 0 Å². The highest BCUT2D eigenvalue weighted by Crippen LogP contribution is 2.16. The molecule has 0 saturated carbocycles. The monoisotopic (exact) mass is 242 g/mol. The van der Waals surface area contributed by atoms with Crippen molar-refractivity contribution in [3.63, 3.8) is 0 Å². The van der Waals surface area contributed by atoms with Crippen LogP contribution in [0.15, 0.2) is 36.5 Å². The summed E-state index contributed by atoms with van der Waals surface area (Å²) in [4.78, 5) is 1.80. The molecule has 0 spiro atoms. The minimum Gasteiger partial charge on any atom is -0.353 e. The van der Waals surface area contributed by atoms with E-state index in [0.717, 1.165) is 5.56 Å². The number of benzene rings is 1. The van der Waals surface area contributed by atoms with Crippen LogP contribution in [0, 0.1) is 17.1 Å². The van der Waals surface area contributed by atoms with E-state index in [1.165, 1.54) is 18.3 Å². The van der Waals surface area contributed by atoms with Crippen LogP contribution in [0.25, 0.3) is 0 Å². The second-order valence-corrected chi connectivity index (χ2v) is 3.86.